The molecule has 2 aromatic rings. The third-order valence-corrected chi connectivity index (χ3v) is 2.81. The van der Waals surface area contributed by atoms with Crippen molar-refractivity contribution in [2.45, 2.75) is 20.8 Å². The molecule has 0 aliphatic carbocycles. The number of carbonyl (C=O) groups is 2. The Kier molecular flexibility index (Phi) is 3.51. The molecular formula is C13H13N3O4. The molecule has 7 nitrogen and oxygen atoms in total. The molecule has 0 saturated carbocycles. The van der Waals surface area contributed by atoms with Gasteiger partial charge in [-0.3, -0.25) is 10.1 Å². The van der Waals surface area contributed by atoms with Gasteiger partial charge in [0.05, 0.1) is 11.1 Å². The number of carbonyl (C=O) groups excluding carboxylic acids is 1. The molecule has 0 aliphatic rings. The highest BCUT2D eigenvalue weighted by atomic mass is 16.5. The fourth-order valence-corrected chi connectivity index (χ4v) is 1.89. The summed E-state index contributed by atoms with van der Waals surface area (Å²) in [5.74, 6) is -1.37. The van der Waals surface area contributed by atoms with Crippen molar-refractivity contribution < 1.29 is 19.2 Å². The van der Waals surface area contributed by atoms with E-state index in [1.807, 2.05) is 0 Å². The van der Waals surface area contributed by atoms with Crippen LogP contribution in [0.15, 0.2) is 16.7 Å². The van der Waals surface area contributed by atoms with E-state index < -0.39 is 11.9 Å². The van der Waals surface area contributed by atoms with Crippen LogP contribution in [0, 0.1) is 20.8 Å². The quantitative estimate of drug-likeness (QED) is 0.886. The number of rotatable bonds is 3. The fourth-order valence-electron chi connectivity index (χ4n) is 1.89. The first-order valence-corrected chi connectivity index (χ1v) is 5.85. The third-order valence-electron chi connectivity index (χ3n) is 2.81. The first-order chi connectivity index (χ1) is 9.40. The van der Waals surface area contributed by atoms with Crippen LogP contribution in [0.2, 0.25) is 0 Å². The topological polar surface area (TPSA) is 105 Å². The molecule has 0 saturated heterocycles. The van der Waals surface area contributed by atoms with Crippen molar-refractivity contribution in [3.8, 4) is 0 Å². The second-order valence-electron chi connectivity index (χ2n) is 4.36. The second-order valence-corrected chi connectivity index (χ2v) is 4.36. The summed E-state index contributed by atoms with van der Waals surface area (Å²) < 4.78 is 4.79. The molecule has 104 valence electrons. The van der Waals surface area contributed by atoms with E-state index in [0.29, 0.717) is 17.0 Å². The Morgan fingerprint density at radius 2 is 1.75 bits per heavy atom. The van der Waals surface area contributed by atoms with Gasteiger partial charge in [0.15, 0.2) is 5.82 Å². The number of anilines is 1. The fraction of sp³-hybridized carbons (Fsp3) is 0.231. The first-order valence-electron chi connectivity index (χ1n) is 5.85. The summed E-state index contributed by atoms with van der Waals surface area (Å²) >= 11 is 0. The normalized spacial score (nSPS) is 10.3. The minimum absolute atomic E-state index is 0.0289. The Balaban J connectivity index is 2.43. The number of nitrogens with one attached hydrogen (secondary N) is 1. The van der Waals surface area contributed by atoms with Crippen LogP contribution < -0.4 is 5.32 Å². The zero-order chi connectivity index (χ0) is 14.9. The monoisotopic (exact) mass is 275 g/mol. The Hall–Kier alpha value is -2.70. The largest absolute Gasteiger partial charge is 0.478 e. The van der Waals surface area contributed by atoms with Gasteiger partial charge in [0.2, 0.25) is 0 Å². The van der Waals surface area contributed by atoms with E-state index in [4.69, 9.17) is 4.52 Å². The number of hydrogen-bond donors (Lipinski definition) is 2. The molecule has 7 heteroatoms. The van der Waals surface area contributed by atoms with Crippen molar-refractivity contribution in [3.63, 3.8) is 0 Å². The van der Waals surface area contributed by atoms with E-state index in [2.05, 4.69) is 15.5 Å². The van der Waals surface area contributed by atoms with Gasteiger partial charge in [-0.25, -0.2) is 4.79 Å². The lowest BCUT2D eigenvalue weighted by Crippen LogP contribution is -2.19. The Labute approximate surface area is 114 Å². The smallest absolute Gasteiger partial charge is 0.336 e. The van der Waals surface area contributed by atoms with Gasteiger partial charge in [-0.2, -0.15) is 4.98 Å². The molecule has 2 N–H and O–H groups in total. The van der Waals surface area contributed by atoms with Crippen LogP contribution in [0.3, 0.4) is 0 Å². The van der Waals surface area contributed by atoms with Crippen molar-refractivity contribution in [3.05, 3.63) is 40.2 Å². The van der Waals surface area contributed by atoms with Crippen LogP contribution in [0.1, 0.15) is 37.7 Å². The van der Waals surface area contributed by atoms with Crippen LogP contribution in [0.5, 0.6) is 0 Å². The third kappa shape index (κ3) is 2.51. The van der Waals surface area contributed by atoms with Gasteiger partial charge < -0.3 is 9.63 Å². The van der Waals surface area contributed by atoms with Gasteiger partial charge >= 0.3 is 12.0 Å². The molecule has 0 fully saturated rings. The number of aromatic nitrogens is 2. The Morgan fingerprint density at radius 3 is 2.25 bits per heavy atom. The molecule has 0 unspecified atom stereocenters. The van der Waals surface area contributed by atoms with E-state index in [0.717, 1.165) is 0 Å². The molecule has 0 aliphatic heterocycles. The summed E-state index contributed by atoms with van der Waals surface area (Å²) in [6.07, 6.45) is 0. The second kappa shape index (κ2) is 5.12. The predicted octanol–water partition coefficient (Wildman–Crippen LogP) is 1.95. The molecule has 2 rings (SSSR count). The first kappa shape index (κ1) is 13.7. The van der Waals surface area contributed by atoms with E-state index in [1.165, 1.54) is 0 Å². The molecule has 0 radical (unpaired) electrons. The van der Waals surface area contributed by atoms with Gasteiger partial charge in [0.25, 0.3) is 5.91 Å². The predicted molar refractivity (Wildman–Crippen MR) is 69.9 cm³/mol. The molecule has 1 aromatic heterocycles. The zero-order valence-corrected chi connectivity index (χ0v) is 11.2. The average molecular weight is 275 g/mol. The maximum Gasteiger partial charge on any atom is 0.336 e. The summed E-state index contributed by atoms with van der Waals surface area (Å²) in [6.45, 7) is 4.91. The number of nitrogens with zero attached hydrogens (tertiary/aromatic N) is 2. The van der Waals surface area contributed by atoms with E-state index in [1.54, 1.807) is 32.9 Å². The number of aryl methyl sites for hydroxylation is 3. The average Bonchev–Trinajstić information content (AvgIpc) is 2.76. The van der Waals surface area contributed by atoms with E-state index in [-0.39, 0.29) is 17.1 Å². The van der Waals surface area contributed by atoms with E-state index in [9.17, 15) is 14.7 Å². The van der Waals surface area contributed by atoms with Gasteiger partial charge in [-0.05, 0) is 31.9 Å². The van der Waals surface area contributed by atoms with Gasteiger partial charge in [-0.15, -0.1) is 0 Å². The molecule has 0 atom stereocenters. The summed E-state index contributed by atoms with van der Waals surface area (Å²) in [6, 6.07) is 3.28. The Bertz CT molecular complexity index is 691. The number of aromatic carboxylic acids is 1. The van der Waals surface area contributed by atoms with Crippen LogP contribution in [-0.4, -0.2) is 27.1 Å². The molecule has 1 heterocycles. The van der Waals surface area contributed by atoms with Crippen molar-refractivity contribution in [1.82, 2.24) is 10.1 Å². The lowest BCUT2D eigenvalue weighted by atomic mass is 9.96. The van der Waals surface area contributed by atoms with Gasteiger partial charge in [0, 0.05) is 0 Å². The lowest BCUT2D eigenvalue weighted by molar-refractivity contribution is 0.0691. The molecular weight excluding hydrogens is 262 g/mol. The van der Waals surface area contributed by atoms with Crippen LogP contribution in [-0.2, 0) is 0 Å². The molecule has 1 amide bonds. The number of amides is 1. The maximum absolute atomic E-state index is 12.2. The highest BCUT2D eigenvalue weighted by molar-refractivity contribution is 6.11. The molecule has 0 spiro atoms. The van der Waals surface area contributed by atoms with E-state index >= 15 is 0 Å². The molecule has 20 heavy (non-hydrogen) atoms. The lowest BCUT2D eigenvalue weighted by Gasteiger charge is -2.11. The summed E-state index contributed by atoms with van der Waals surface area (Å²) in [5.41, 5.74) is 1.13. The number of carboxylic acids is 1. The van der Waals surface area contributed by atoms with Crippen LogP contribution in [0.25, 0.3) is 0 Å². The number of hydrogen-bond acceptors (Lipinski definition) is 5. The number of carboxylic acid groups (broad SMARTS) is 1. The molecule has 1 aromatic carbocycles. The van der Waals surface area contributed by atoms with Gasteiger partial charge in [-0.1, -0.05) is 17.3 Å². The summed E-state index contributed by atoms with van der Waals surface area (Å²) in [5, 5.41) is 15.2. The Morgan fingerprint density at radius 1 is 1.15 bits per heavy atom. The van der Waals surface area contributed by atoms with Crippen molar-refractivity contribution in [1.29, 1.82) is 0 Å². The minimum Gasteiger partial charge on any atom is -0.478 e. The highest BCUT2D eigenvalue weighted by Crippen LogP contribution is 2.20. The standard InChI is InChI=1S/C13H13N3O4/c1-6-4-5-7(2)10(12(18)19)9(6)11(17)15-13-14-8(3)16-20-13/h4-5H,1-3H3,(H,18,19)(H,14,15,16,17). The number of benzene rings is 1. The SMILES string of the molecule is Cc1noc(NC(=O)c2c(C)ccc(C)c2C(=O)O)n1. The van der Waals surface area contributed by atoms with Crippen molar-refractivity contribution in [2.24, 2.45) is 0 Å². The molecule has 0 bridgehead atoms. The van der Waals surface area contributed by atoms with Crippen LogP contribution in [0.4, 0.5) is 6.01 Å². The summed E-state index contributed by atoms with van der Waals surface area (Å²) in [4.78, 5) is 27.4. The van der Waals surface area contributed by atoms with Crippen molar-refractivity contribution >= 4 is 17.9 Å². The van der Waals surface area contributed by atoms with Gasteiger partial charge in [0.1, 0.15) is 0 Å². The highest BCUT2D eigenvalue weighted by Gasteiger charge is 2.22. The maximum atomic E-state index is 12.2. The van der Waals surface area contributed by atoms with Crippen LogP contribution >= 0.6 is 0 Å². The minimum atomic E-state index is -1.15. The summed E-state index contributed by atoms with van der Waals surface area (Å²) in [7, 11) is 0. The zero-order valence-electron chi connectivity index (χ0n) is 11.2. The van der Waals surface area contributed by atoms with Crippen molar-refractivity contribution in [2.75, 3.05) is 5.32 Å².